The van der Waals surface area contributed by atoms with E-state index in [9.17, 15) is 0 Å². The van der Waals surface area contributed by atoms with Gasteiger partial charge in [0.1, 0.15) is 0 Å². The number of hydrogen-bond donors (Lipinski definition) is 0. The molecule has 158 valence electrons. The van der Waals surface area contributed by atoms with Crippen molar-refractivity contribution >= 4 is 0 Å². The van der Waals surface area contributed by atoms with E-state index < -0.39 is 0 Å². The summed E-state index contributed by atoms with van der Waals surface area (Å²) in [5.41, 5.74) is 2.36. The number of ether oxygens (including phenoxy) is 2. The van der Waals surface area contributed by atoms with Crippen LogP contribution in [0.15, 0.2) is 28.8 Å². The normalized spacial score (nSPS) is 19.1. The summed E-state index contributed by atoms with van der Waals surface area (Å²) < 4.78 is 16.3. The lowest BCUT2D eigenvalue weighted by Crippen LogP contribution is -2.36. The van der Waals surface area contributed by atoms with E-state index in [-0.39, 0.29) is 0 Å². The SMILES string of the molecule is CN(Cc1nc(-c2ccc(CCCN3CCOCC3)cc2)no1)C1CCOCC1. The Morgan fingerprint density at radius 3 is 2.52 bits per heavy atom. The molecule has 0 aliphatic carbocycles. The first-order chi connectivity index (χ1) is 14.3. The van der Waals surface area contributed by atoms with Gasteiger partial charge in [-0.3, -0.25) is 9.80 Å². The van der Waals surface area contributed by atoms with Crippen molar-refractivity contribution in [3.05, 3.63) is 35.7 Å². The molecule has 0 bridgehead atoms. The summed E-state index contributed by atoms with van der Waals surface area (Å²) in [5.74, 6) is 1.34. The molecule has 0 amide bonds. The first-order valence-corrected chi connectivity index (χ1v) is 10.8. The molecule has 2 fully saturated rings. The maximum Gasteiger partial charge on any atom is 0.241 e. The summed E-state index contributed by atoms with van der Waals surface area (Å²) in [6.07, 6.45) is 4.38. The molecule has 0 radical (unpaired) electrons. The van der Waals surface area contributed by atoms with Crippen molar-refractivity contribution in [2.24, 2.45) is 0 Å². The number of aryl methyl sites for hydroxylation is 1. The third-order valence-electron chi connectivity index (χ3n) is 5.92. The van der Waals surface area contributed by atoms with E-state index >= 15 is 0 Å². The molecule has 2 saturated heterocycles. The highest BCUT2D eigenvalue weighted by molar-refractivity contribution is 5.54. The summed E-state index contributed by atoms with van der Waals surface area (Å²) in [7, 11) is 2.12. The first kappa shape index (κ1) is 20.5. The van der Waals surface area contributed by atoms with E-state index in [2.05, 4.69) is 51.3 Å². The third-order valence-corrected chi connectivity index (χ3v) is 5.92. The van der Waals surface area contributed by atoms with Crippen molar-refractivity contribution in [3.63, 3.8) is 0 Å². The lowest BCUT2D eigenvalue weighted by molar-refractivity contribution is 0.0374. The van der Waals surface area contributed by atoms with Crippen LogP contribution >= 0.6 is 0 Å². The second-order valence-electron chi connectivity index (χ2n) is 8.02. The molecule has 29 heavy (non-hydrogen) atoms. The number of nitrogens with zero attached hydrogens (tertiary/aromatic N) is 4. The van der Waals surface area contributed by atoms with Crippen molar-refractivity contribution in [2.45, 2.75) is 38.3 Å². The molecule has 2 aliphatic heterocycles. The molecular formula is C22H32N4O3. The zero-order valence-electron chi connectivity index (χ0n) is 17.4. The van der Waals surface area contributed by atoms with Gasteiger partial charge in [0.25, 0.3) is 0 Å². The lowest BCUT2D eigenvalue weighted by Gasteiger charge is -2.29. The summed E-state index contributed by atoms with van der Waals surface area (Å²) >= 11 is 0. The highest BCUT2D eigenvalue weighted by atomic mass is 16.5. The molecule has 0 saturated carbocycles. The molecule has 1 aromatic heterocycles. The molecule has 0 atom stereocenters. The van der Waals surface area contributed by atoms with Gasteiger partial charge >= 0.3 is 0 Å². The molecule has 0 N–H and O–H groups in total. The number of rotatable bonds is 8. The third kappa shape index (κ3) is 5.85. The van der Waals surface area contributed by atoms with Crippen LogP contribution in [-0.2, 0) is 22.4 Å². The Labute approximate surface area is 173 Å². The van der Waals surface area contributed by atoms with Crippen LogP contribution in [0.25, 0.3) is 11.4 Å². The number of morpholine rings is 1. The molecule has 7 nitrogen and oxygen atoms in total. The molecule has 2 aromatic rings. The largest absolute Gasteiger partial charge is 0.381 e. The minimum atomic E-state index is 0.524. The average molecular weight is 401 g/mol. The van der Waals surface area contributed by atoms with Crippen LogP contribution in [0.2, 0.25) is 0 Å². The van der Waals surface area contributed by atoms with Gasteiger partial charge in [0.15, 0.2) is 0 Å². The van der Waals surface area contributed by atoms with E-state index in [1.54, 1.807) is 0 Å². The number of hydrogen-bond acceptors (Lipinski definition) is 7. The molecule has 0 unspecified atom stereocenters. The summed E-state index contributed by atoms with van der Waals surface area (Å²) in [5, 5.41) is 4.18. The van der Waals surface area contributed by atoms with Crippen LogP contribution in [0.5, 0.6) is 0 Å². The van der Waals surface area contributed by atoms with Crippen LogP contribution in [-0.4, -0.2) is 79.1 Å². The maximum atomic E-state index is 5.49. The highest BCUT2D eigenvalue weighted by Crippen LogP contribution is 2.19. The first-order valence-electron chi connectivity index (χ1n) is 10.8. The second kappa shape index (κ2) is 10.3. The van der Waals surface area contributed by atoms with Crippen LogP contribution in [0.4, 0.5) is 0 Å². The number of aromatic nitrogens is 2. The Morgan fingerprint density at radius 1 is 1.03 bits per heavy atom. The van der Waals surface area contributed by atoms with Gasteiger partial charge < -0.3 is 14.0 Å². The fourth-order valence-electron chi connectivity index (χ4n) is 4.06. The van der Waals surface area contributed by atoms with Gasteiger partial charge in [-0.25, -0.2) is 0 Å². The standard InChI is InChI=1S/C22H32N4O3/c1-25(20-8-13-27-14-9-20)17-21-23-22(24-29-21)19-6-4-18(5-7-19)3-2-10-26-11-15-28-16-12-26/h4-7,20H,2-3,8-17H2,1H3. The smallest absolute Gasteiger partial charge is 0.241 e. The predicted octanol–water partition coefficient (Wildman–Crippen LogP) is 2.61. The average Bonchev–Trinajstić information content (AvgIpc) is 3.24. The van der Waals surface area contributed by atoms with E-state index in [0.717, 1.165) is 70.9 Å². The zero-order chi connectivity index (χ0) is 19.9. The van der Waals surface area contributed by atoms with Gasteiger partial charge in [-0.2, -0.15) is 4.98 Å². The second-order valence-corrected chi connectivity index (χ2v) is 8.02. The fraction of sp³-hybridized carbons (Fsp3) is 0.636. The van der Waals surface area contributed by atoms with E-state index in [0.29, 0.717) is 24.3 Å². The van der Waals surface area contributed by atoms with Gasteiger partial charge in [0.2, 0.25) is 11.7 Å². The van der Waals surface area contributed by atoms with E-state index in [1.807, 2.05) is 0 Å². The summed E-state index contributed by atoms with van der Waals surface area (Å²) in [6, 6.07) is 9.08. The van der Waals surface area contributed by atoms with Gasteiger partial charge in [-0.05, 0) is 44.8 Å². The van der Waals surface area contributed by atoms with Crippen LogP contribution < -0.4 is 0 Å². The monoisotopic (exact) mass is 400 g/mol. The molecular weight excluding hydrogens is 368 g/mol. The van der Waals surface area contributed by atoms with E-state index in [1.165, 1.54) is 12.0 Å². The molecule has 4 rings (SSSR count). The topological polar surface area (TPSA) is 63.9 Å². The summed E-state index contributed by atoms with van der Waals surface area (Å²) in [4.78, 5) is 9.37. The fourth-order valence-corrected chi connectivity index (χ4v) is 4.06. The minimum absolute atomic E-state index is 0.524. The van der Waals surface area contributed by atoms with Crippen molar-refractivity contribution in [1.29, 1.82) is 0 Å². The van der Waals surface area contributed by atoms with Crippen molar-refractivity contribution in [2.75, 3.05) is 53.1 Å². The Morgan fingerprint density at radius 2 is 1.76 bits per heavy atom. The van der Waals surface area contributed by atoms with E-state index in [4.69, 9.17) is 14.0 Å². The van der Waals surface area contributed by atoms with Crippen molar-refractivity contribution in [3.8, 4) is 11.4 Å². The van der Waals surface area contributed by atoms with Crippen LogP contribution in [0, 0.1) is 0 Å². The Bertz CT molecular complexity index is 737. The molecule has 2 aliphatic rings. The van der Waals surface area contributed by atoms with Gasteiger partial charge in [-0.1, -0.05) is 29.4 Å². The van der Waals surface area contributed by atoms with Gasteiger partial charge in [0.05, 0.1) is 19.8 Å². The quantitative estimate of drug-likeness (QED) is 0.675. The van der Waals surface area contributed by atoms with Crippen molar-refractivity contribution in [1.82, 2.24) is 19.9 Å². The Kier molecular flexibility index (Phi) is 7.27. The Hall–Kier alpha value is -1.80. The maximum absolute atomic E-state index is 5.49. The van der Waals surface area contributed by atoms with Crippen LogP contribution in [0.3, 0.4) is 0 Å². The molecule has 0 spiro atoms. The zero-order valence-corrected chi connectivity index (χ0v) is 17.4. The van der Waals surface area contributed by atoms with Gasteiger partial charge in [0, 0.05) is 37.9 Å². The molecule has 1 aromatic carbocycles. The molecule has 7 heteroatoms. The minimum Gasteiger partial charge on any atom is -0.381 e. The van der Waals surface area contributed by atoms with Crippen LogP contribution in [0.1, 0.15) is 30.7 Å². The van der Waals surface area contributed by atoms with Crippen molar-refractivity contribution < 1.29 is 14.0 Å². The highest BCUT2D eigenvalue weighted by Gasteiger charge is 2.20. The number of benzene rings is 1. The predicted molar refractivity (Wildman–Crippen MR) is 111 cm³/mol. The van der Waals surface area contributed by atoms with Gasteiger partial charge in [-0.15, -0.1) is 0 Å². The molecule has 3 heterocycles. The Balaban J connectivity index is 1.26. The lowest BCUT2D eigenvalue weighted by atomic mass is 10.1. The summed E-state index contributed by atoms with van der Waals surface area (Å²) in [6.45, 7) is 7.34.